The summed E-state index contributed by atoms with van der Waals surface area (Å²) in [6, 6.07) is 18.1. The maximum atomic E-state index is 12.2. The molecule has 0 nitrogen and oxygen atoms in total. The Bertz CT molecular complexity index is 688. The fraction of sp³-hybridized carbons (Fsp3) is 0.462. The summed E-state index contributed by atoms with van der Waals surface area (Å²) in [5.74, 6) is 1.54. The highest BCUT2D eigenvalue weighted by atomic mass is 19.1. The zero-order valence-electron chi connectivity index (χ0n) is 16.7. The van der Waals surface area contributed by atoms with Crippen LogP contribution in [0.3, 0.4) is 0 Å². The molecule has 0 N–H and O–H groups in total. The molecule has 3 rings (SSSR count). The molecule has 1 aliphatic rings. The van der Waals surface area contributed by atoms with Gasteiger partial charge in [-0.25, -0.2) is 0 Å². The fourth-order valence-corrected chi connectivity index (χ4v) is 4.19. The molecule has 0 heterocycles. The first-order chi connectivity index (χ1) is 13.3. The van der Waals surface area contributed by atoms with Crippen LogP contribution in [0.2, 0.25) is 0 Å². The summed E-state index contributed by atoms with van der Waals surface area (Å²) in [7, 11) is 0. The van der Waals surface area contributed by atoms with Crippen LogP contribution in [0.1, 0.15) is 56.6 Å². The molecule has 0 amide bonds. The molecule has 27 heavy (non-hydrogen) atoms. The van der Waals surface area contributed by atoms with Crippen LogP contribution in [0, 0.1) is 11.8 Å². The Morgan fingerprint density at radius 1 is 0.852 bits per heavy atom. The topological polar surface area (TPSA) is 0 Å². The van der Waals surface area contributed by atoms with E-state index in [-0.39, 0.29) is 6.67 Å². The Labute approximate surface area is 164 Å². The molecule has 0 radical (unpaired) electrons. The second-order valence-electron chi connectivity index (χ2n) is 7.97. The summed E-state index contributed by atoms with van der Waals surface area (Å²) in [6.07, 6.45) is 13.6. The maximum absolute atomic E-state index is 12.2. The summed E-state index contributed by atoms with van der Waals surface area (Å²) in [5, 5.41) is 0. The second-order valence-corrected chi connectivity index (χ2v) is 7.97. The van der Waals surface area contributed by atoms with Crippen LogP contribution in [0.5, 0.6) is 0 Å². The molecular formula is C26H33F. The van der Waals surface area contributed by atoms with Crippen LogP contribution in [-0.2, 0) is 12.8 Å². The lowest BCUT2D eigenvalue weighted by Crippen LogP contribution is -2.13. The lowest BCUT2D eigenvalue weighted by Gasteiger charge is -2.26. The number of halogens is 1. The highest BCUT2D eigenvalue weighted by Gasteiger charge is 2.19. The molecule has 144 valence electrons. The number of allylic oxidation sites excluding steroid dienone is 2. The van der Waals surface area contributed by atoms with Crippen LogP contribution in [0.4, 0.5) is 4.39 Å². The maximum Gasteiger partial charge on any atom is 0.0928 e. The highest BCUT2D eigenvalue weighted by molar-refractivity contribution is 5.63. The number of benzene rings is 2. The molecule has 1 fully saturated rings. The van der Waals surface area contributed by atoms with Crippen LogP contribution in [0.15, 0.2) is 60.7 Å². The average molecular weight is 365 g/mol. The standard InChI is InChI=1S/C26H33F/c1-2-21-12-16-25(17-13-21)26-18-14-24(15-19-26)11-10-23-8-6-22(7-9-23)5-3-4-20-27/h3,5,12-19,22-23H,2,4,6-11,20H2,1H3/b5-3+/t22-,23-. The zero-order chi connectivity index (χ0) is 18.9. The number of aryl methyl sites for hydroxylation is 2. The first-order valence-electron chi connectivity index (χ1n) is 10.7. The third kappa shape index (κ3) is 6.06. The second kappa shape index (κ2) is 10.4. The van der Waals surface area contributed by atoms with Crippen molar-refractivity contribution in [2.45, 2.75) is 58.3 Å². The van der Waals surface area contributed by atoms with Crippen molar-refractivity contribution in [1.82, 2.24) is 0 Å². The van der Waals surface area contributed by atoms with Gasteiger partial charge in [0.15, 0.2) is 0 Å². The number of hydrogen-bond donors (Lipinski definition) is 0. The van der Waals surface area contributed by atoms with Crippen molar-refractivity contribution in [3.05, 3.63) is 71.8 Å². The van der Waals surface area contributed by atoms with E-state index in [1.807, 2.05) is 6.08 Å². The predicted octanol–water partition coefficient (Wildman–Crippen LogP) is 7.57. The highest BCUT2D eigenvalue weighted by Crippen LogP contribution is 2.32. The molecule has 0 aliphatic heterocycles. The van der Waals surface area contributed by atoms with E-state index in [4.69, 9.17) is 0 Å². The molecule has 0 aromatic heterocycles. The molecule has 0 bridgehead atoms. The van der Waals surface area contributed by atoms with Gasteiger partial charge in [0, 0.05) is 0 Å². The summed E-state index contributed by atoms with van der Waals surface area (Å²) in [6.45, 7) is 1.97. The summed E-state index contributed by atoms with van der Waals surface area (Å²) < 4.78 is 12.2. The Morgan fingerprint density at radius 3 is 2.00 bits per heavy atom. The molecule has 1 saturated carbocycles. The normalized spacial score (nSPS) is 20.2. The van der Waals surface area contributed by atoms with E-state index in [0.717, 1.165) is 12.3 Å². The lowest BCUT2D eigenvalue weighted by atomic mass is 9.79. The number of rotatable bonds is 8. The van der Waals surface area contributed by atoms with Crippen LogP contribution >= 0.6 is 0 Å². The van der Waals surface area contributed by atoms with Gasteiger partial charge in [0.1, 0.15) is 0 Å². The van der Waals surface area contributed by atoms with E-state index >= 15 is 0 Å². The third-order valence-electron chi connectivity index (χ3n) is 6.07. The largest absolute Gasteiger partial charge is 0.251 e. The molecule has 2 aromatic rings. The summed E-state index contributed by atoms with van der Waals surface area (Å²) in [4.78, 5) is 0. The van der Waals surface area contributed by atoms with Crippen molar-refractivity contribution in [2.75, 3.05) is 6.67 Å². The van der Waals surface area contributed by atoms with Crippen LogP contribution in [-0.4, -0.2) is 6.67 Å². The van der Waals surface area contributed by atoms with Crippen molar-refractivity contribution in [3.63, 3.8) is 0 Å². The van der Waals surface area contributed by atoms with E-state index in [0.29, 0.717) is 12.3 Å². The fourth-order valence-electron chi connectivity index (χ4n) is 4.19. The minimum absolute atomic E-state index is 0.227. The van der Waals surface area contributed by atoms with Crippen LogP contribution in [0.25, 0.3) is 11.1 Å². The molecule has 2 aromatic carbocycles. The Hall–Kier alpha value is -1.89. The van der Waals surface area contributed by atoms with E-state index in [2.05, 4.69) is 61.5 Å². The molecule has 0 unspecified atom stereocenters. The van der Waals surface area contributed by atoms with Crippen molar-refractivity contribution < 1.29 is 4.39 Å². The van der Waals surface area contributed by atoms with Gasteiger partial charge in [-0.1, -0.05) is 67.6 Å². The van der Waals surface area contributed by atoms with Crippen molar-refractivity contribution in [1.29, 1.82) is 0 Å². The number of hydrogen-bond acceptors (Lipinski definition) is 0. The van der Waals surface area contributed by atoms with Gasteiger partial charge in [-0.2, -0.15) is 0 Å². The molecule has 1 aliphatic carbocycles. The van der Waals surface area contributed by atoms with Gasteiger partial charge in [0.25, 0.3) is 0 Å². The van der Waals surface area contributed by atoms with E-state index in [9.17, 15) is 4.39 Å². The first-order valence-corrected chi connectivity index (χ1v) is 10.7. The van der Waals surface area contributed by atoms with E-state index < -0.39 is 0 Å². The summed E-state index contributed by atoms with van der Waals surface area (Å²) >= 11 is 0. The lowest BCUT2D eigenvalue weighted by molar-refractivity contribution is 0.296. The van der Waals surface area contributed by atoms with Gasteiger partial charge < -0.3 is 0 Å². The van der Waals surface area contributed by atoms with Gasteiger partial charge in [0.05, 0.1) is 6.67 Å². The third-order valence-corrected chi connectivity index (χ3v) is 6.07. The van der Waals surface area contributed by atoms with E-state index in [1.54, 1.807) is 0 Å². The van der Waals surface area contributed by atoms with Gasteiger partial charge in [-0.05, 0) is 85.5 Å². The van der Waals surface area contributed by atoms with Crippen molar-refractivity contribution >= 4 is 0 Å². The minimum atomic E-state index is -0.227. The van der Waals surface area contributed by atoms with Gasteiger partial charge in [-0.3, -0.25) is 4.39 Å². The quantitative estimate of drug-likeness (QED) is 0.424. The number of alkyl halides is 1. The Kier molecular flexibility index (Phi) is 7.68. The molecule has 0 spiro atoms. The predicted molar refractivity (Wildman–Crippen MR) is 115 cm³/mol. The first kappa shape index (κ1) is 19.9. The van der Waals surface area contributed by atoms with Gasteiger partial charge in [-0.15, -0.1) is 0 Å². The zero-order valence-corrected chi connectivity index (χ0v) is 16.7. The molecule has 0 atom stereocenters. The molecule has 0 saturated heterocycles. The minimum Gasteiger partial charge on any atom is -0.251 e. The average Bonchev–Trinajstić information content (AvgIpc) is 2.74. The molecule has 1 heteroatoms. The van der Waals surface area contributed by atoms with Crippen molar-refractivity contribution in [2.24, 2.45) is 11.8 Å². The SMILES string of the molecule is CCc1ccc(-c2ccc(CC[C@H]3CC[C@H](/C=C/CCF)CC3)cc2)cc1. The summed E-state index contributed by atoms with van der Waals surface area (Å²) in [5.41, 5.74) is 5.46. The van der Waals surface area contributed by atoms with Gasteiger partial charge in [0.2, 0.25) is 0 Å². The Balaban J connectivity index is 1.45. The smallest absolute Gasteiger partial charge is 0.0928 e. The molecular weight excluding hydrogens is 331 g/mol. The monoisotopic (exact) mass is 364 g/mol. The van der Waals surface area contributed by atoms with Crippen molar-refractivity contribution in [3.8, 4) is 11.1 Å². The van der Waals surface area contributed by atoms with Crippen LogP contribution < -0.4 is 0 Å². The van der Waals surface area contributed by atoms with Gasteiger partial charge >= 0.3 is 0 Å². The Morgan fingerprint density at radius 2 is 1.44 bits per heavy atom. The van der Waals surface area contributed by atoms with E-state index in [1.165, 1.54) is 60.8 Å².